The van der Waals surface area contributed by atoms with E-state index in [-0.39, 0.29) is 24.5 Å². The number of nitriles is 1. The largest absolute Gasteiger partial charge is 0.454 e. The van der Waals surface area contributed by atoms with Crippen molar-refractivity contribution in [2.45, 2.75) is 40.5 Å². The van der Waals surface area contributed by atoms with Crippen LogP contribution in [0, 0.1) is 32.1 Å². The van der Waals surface area contributed by atoms with E-state index in [0.717, 1.165) is 22.5 Å². The highest BCUT2D eigenvalue weighted by Crippen LogP contribution is 2.17. The van der Waals surface area contributed by atoms with Crippen molar-refractivity contribution in [3.63, 3.8) is 0 Å². The highest BCUT2D eigenvalue weighted by molar-refractivity contribution is 5.87. The van der Waals surface area contributed by atoms with Crippen LogP contribution in [0.2, 0.25) is 0 Å². The van der Waals surface area contributed by atoms with Gasteiger partial charge in [-0.15, -0.1) is 0 Å². The van der Waals surface area contributed by atoms with Gasteiger partial charge in [0.15, 0.2) is 5.82 Å². The van der Waals surface area contributed by atoms with Gasteiger partial charge >= 0.3 is 5.97 Å². The first-order chi connectivity index (χ1) is 16.9. The van der Waals surface area contributed by atoms with Gasteiger partial charge in [-0.25, -0.2) is 9.78 Å². The molecule has 0 aliphatic carbocycles. The Morgan fingerprint density at radius 2 is 1.86 bits per heavy atom. The molecule has 4 aromatic rings. The number of carbonyl (C=O) groups is 1. The van der Waals surface area contributed by atoms with Crippen molar-refractivity contribution in [3.05, 3.63) is 98.9 Å². The zero-order valence-corrected chi connectivity index (χ0v) is 19.9. The number of fused-ring (bicyclic) bond motifs is 1. The van der Waals surface area contributed by atoms with E-state index in [1.807, 2.05) is 31.5 Å². The summed E-state index contributed by atoms with van der Waals surface area (Å²) in [6.07, 6.45) is 3.02. The van der Waals surface area contributed by atoms with E-state index in [9.17, 15) is 9.59 Å². The van der Waals surface area contributed by atoms with Crippen molar-refractivity contribution < 1.29 is 9.53 Å². The number of ether oxygens (including phenoxy) is 1. The lowest BCUT2D eigenvalue weighted by Gasteiger charge is -2.10. The molecule has 2 heterocycles. The fourth-order valence-corrected chi connectivity index (χ4v) is 3.87. The Morgan fingerprint density at radius 3 is 2.60 bits per heavy atom. The lowest BCUT2D eigenvalue weighted by atomic mass is 10.1. The van der Waals surface area contributed by atoms with Gasteiger partial charge in [0.05, 0.1) is 29.2 Å². The molecule has 0 aliphatic rings. The van der Waals surface area contributed by atoms with Crippen LogP contribution in [0.4, 0.5) is 0 Å². The summed E-state index contributed by atoms with van der Waals surface area (Å²) in [7, 11) is 0. The van der Waals surface area contributed by atoms with E-state index in [2.05, 4.69) is 34.3 Å². The van der Waals surface area contributed by atoms with Crippen molar-refractivity contribution >= 4 is 22.9 Å². The highest BCUT2D eigenvalue weighted by atomic mass is 16.5. The number of esters is 1. The molecular weight excluding hydrogens is 442 g/mol. The van der Waals surface area contributed by atoms with Gasteiger partial charge < -0.3 is 4.74 Å². The molecule has 0 bridgehead atoms. The summed E-state index contributed by atoms with van der Waals surface area (Å²) in [5.74, 6) is -0.365. The van der Waals surface area contributed by atoms with Gasteiger partial charge in [-0.2, -0.15) is 10.4 Å². The topological polar surface area (TPSA) is 103 Å². The molecule has 0 saturated heterocycles. The second kappa shape index (κ2) is 10.2. The van der Waals surface area contributed by atoms with Crippen LogP contribution >= 0.6 is 0 Å². The average molecular weight is 468 g/mol. The molecule has 0 unspecified atom stereocenters. The van der Waals surface area contributed by atoms with Crippen LogP contribution in [0.25, 0.3) is 17.0 Å². The molecular formula is C27H25N5O3. The summed E-state index contributed by atoms with van der Waals surface area (Å²) in [5, 5.41) is 14.1. The zero-order chi connectivity index (χ0) is 24.9. The first-order valence-corrected chi connectivity index (χ1v) is 11.2. The molecule has 176 valence electrons. The Kier molecular flexibility index (Phi) is 6.88. The number of nitrogens with zero attached hydrogens (tertiary/aromatic N) is 5. The third kappa shape index (κ3) is 5.20. The average Bonchev–Trinajstić information content (AvgIpc) is 3.11. The van der Waals surface area contributed by atoms with Gasteiger partial charge in [0.25, 0.3) is 5.56 Å². The number of rotatable bonds is 7. The summed E-state index contributed by atoms with van der Waals surface area (Å²) in [5.41, 5.74) is 5.07. The minimum absolute atomic E-state index is 0.183. The molecule has 0 radical (unpaired) electrons. The number of benzene rings is 2. The lowest BCUT2D eigenvalue weighted by molar-refractivity contribution is -0.139. The Labute approximate surface area is 202 Å². The molecule has 0 spiro atoms. The number of carbonyl (C=O) groups excluding carboxylic acids is 1. The van der Waals surface area contributed by atoms with E-state index < -0.39 is 5.97 Å². The van der Waals surface area contributed by atoms with Crippen molar-refractivity contribution in [2.75, 3.05) is 0 Å². The molecule has 2 aromatic heterocycles. The molecule has 0 amide bonds. The van der Waals surface area contributed by atoms with Crippen molar-refractivity contribution in [1.82, 2.24) is 19.3 Å². The molecule has 4 rings (SSSR count). The second-order valence-corrected chi connectivity index (χ2v) is 8.26. The quantitative estimate of drug-likeness (QED) is 0.302. The monoisotopic (exact) mass is 467 g/mol. The van der Waals surface area contributed by atoms with Crippen LogP contribution in [0.15, 0.2) is 59.4 Å². The summed E-state index contributed by atoms with van der Waals surface area (Å²) >= 11 is 0. The predicted octanol–water partition coefficient (Wildman–Crippen LogP) is 3.85. The molecule has 8 heteroatoms. The predicted molar refractivity (Wildman–Crippen MR) is 132 cm³/mol. The van der Waals surface area contributed by atoms with Gasteiger partial charge in [-0.05, 0) is 44.5 Å². The molecule has 0 fully saturated rings. The summed E-state index contributed by atoms with van der Waals surface area (Å²) in [6.45, 7) is 6.12. The number of aromatic nitrogens is 4. The number of hydrogen-bond acceptors (Lipinski definition) is 6. The van der Waals surface area contributed by atoms with E-state index in [1.54, 1.807) is 30.3 Å². The third-order valence-electron chi connectivity index (χ3n) is 5.79. The van der Waals surface area contributed by atoms with Crippen LogP contribution in [-0.4, -0.2) is 25.3 Å². The summed E-state index contributed by atoms with van der Waals surface area (Å²) in [6, 6.07) is 17.1. The van der Waals surface area contributed by atoms with E-state index in [4.69, 9.17) is 10.00 Å². The molecule has 0 saturated carbocycles. The van der Waals surface area contributed by atoms with E-state index in [1.165, 1.54) is 16.2 Å². The Balaban J connectivity index is 1.49. The maximum Gasteiger partial charge on any atom is 0.331 e. The third-order valence-corrected chi connectivity index (χ3v) is 5.79. The molecule has 0 aliphatic heterocycles. The van der Waals surface area contributed by atoms with Crippen LogP contribution in [-0.2, 0) is 29.2 Å². The normalized spacial score (nSPS) is 11.1. The lowest BCUT2D eigenvalue weighted by Crippen LogP contribution is -2.26. The fraction of sp³-hybridized carbons (Fsp3) is 0.222. The van der Waals surface area contributed by atoms with Crippen LogP contribution < -0.4 is 5.56 Å². The first kappa shape index (κ1) is 23.6. The minimum Gasteiger partial charge on any atom is -0.454 e. The van der Waals surface area contributed by atoms with Gasteiger partial charge in [-0.3, -0.25) is 14.0 Å². The van der Waals surface area contributed by atoms with Gasteiger partial charge in [0.1, 0.15) is 13.2 Å². The van der Waals surface area contributed by atoms with Crippen LogP contribution in [0.3, 0.4) is 0 Å². The molecule has 8 nitrogen and oxygen atoms in total. The minimum atomic E-state index is -0.582. The van der Waals surface area contributed by atoms with E-state index in [0.29, 0.717) is 17.4 Å². The van der Waals surface area contributed by atoms with Crippen molar-refractivity contribution in [3.8, 4) is 6.07 Å². The molecule has 2 aromatic carbocycles. The number of para-hydroxylation sites is 1. The second-order valence-electron chi connectivity index (χ2n) is 8.26. The SMILES string of the molecule is Cc1ccc(Cn2nc(C)c(C=CC(=O)OCc3nc4ccccc4c(=O)n3CC#N)c2C)cc1. The standard InChI is InChI=1S/C27H25N5O3/c1-18-8-10-21(11-9-18)16-32-20(3)22(19(2)30-32)12-13-26(33)35-17-25-29-24-7-5-4-6-23(24)27(34)31(25)15-14-28/h4-13H,15-17H2,1-3H3. The maximum absolute atomic E-state index is 12.7. The summed E-state index contributed by atoms with van der Waals surface area (Å²) < 4.78 is 8.48. The van der Waals surface area contributed by atoms with Crippen LogP contribution in [0.5, 0.6) is 0 Å². The Hall–Kier alpha value is -4.51. The number of hydrogen-bond donors (Lipinski definition) is 0. The Morgan fingerprint density at radius 1 is 1.11 bits per heavy atom. The van der Waals surface area contributed by atoms with Crippen molar-refractivity contribution in [1.29, 1.82) is 5.26 Å². The number of aryl methyl sites for hydroxylation is 2. The van der Waals surface area contributed by atoms with Gasteiger partial charge in [-0.1, -0.05) is 42.0 Å². The molecule has 35 heavy (non-hydrogen) atoms. The van der Waals surface area contributed by atoms with Crippen molar-refractivity contribution in [2.24, 2.45) is 0 Å². The molecule has 0 N–H and O–H groups in total. The maximum atomic E-state index is 12.7. The fourth-order valence-electron chi connectivity index (χ4n) is 3.87. The van der Waals surface area contributed by atoms with Crippen LogP contribution in [0.1, 0.15) is 33.9 Å². The Bertz CT molecular complexity index is 1520. The smallest absolute Gasteiger partial charge is 0.331 e. The van der Waals surface area contributed by atoms with Gasteiger partial charge in [0.2, 0.25) is 0 Å². The summed E-state index contributed by atoms with van der Waals surface area (Å²) in [4.78, 5) is 29.6. The molecule has 0 atom stereocenters. The van der Waals surface area contributed by atoms with Gasteiger partial charge in [0, 0.05) is 17.3 Å². The zero-order valence-electron chi connectivity index (χ0n) is 19.9. The highest BCUT2D eigenvalue weighted by Gasteiger charge is 2.13. The first-order valence-electron chi connectivity index (χ1n) is 11.2. The van der Waals surface area contributed by atoms with E-state index >= 15 is 0 Å².